The number of hydrogen-bond donors (Lipinski definition) is 4. The van der Waals surface area contributed by atoms with Crippen molar-refractivity contribution in [3.05, 3.63) is 57.6 Å². The summed E-state index contributed by atoms with van der Waals surface area (Å²) in [5.74, 6) is -3.77. The lowest BCUT2D eigenvalue weighted by Gasteiger charge is -2.39. The summed E-state index contributed by atoms with van der Waals surface area (Å²) in [4.78, 5) is 52.8. The quantitative estimate of drug-likeness (QED) is 0.270. The van der Waals surface area contributed by atoms with Gasteiger partial charge in [0.2, 0.25) is 5.78 Å². The zero-order chi connectivity index (χ0) is 27.2. The van der Waals surface area contributed by atoms with Crippen LogP contribution in [0.1, 0.15) is 69.3 Å². The van der Waals surface area contributed by atoms with Crippen molar-refractivity contribution in [2.24, 2.45) is 0 Å². The number of fused-ring (bicyclic) bond motifs is 3. The first-order chi connectivity index (χ1) is 17.4. The topological polar surface area (TPSA) is 153 Å². The van der Waals surface area contributed by atoms with Gasteiger partial charge in [-0.1, -0.05) is 24.3 Å². The van der Waals surface area contributed by atoms with Crippen molar-refractivity contribution in [1.29, 1.82) is 0 Å². The third-order valence-corrected chi connectivity index (χ3v) is 7.29. The van der Waals surface area contributed by atoms with Crippen LogP contribution < -0.4 is 5.32 Å². The highest BCUT2D eigenvalue weighted by atomic mass is 16.5. The average Bonchev–Trinajstić information content (AvgIpc) is 2.85. The second-order valence-corrected chi connectivity index (χ2v) is 9.93. The van der Waals surface area contributed by atoms with Crippen LogP contribution in [0.15, 0.2) is 24.3 Å². The number of carbonyl (C=O) groups excluding carboxylic acids is 4. The van der Waals surface area contributed by atoms with Gasteiger partial charge in [-0.2, -0.15) is 0 Å². The fraction of sp³-hybridized carbons (Fsp3) is 0.407. The number of rotatable bonds is 7. The van der Waals surface area contributed by atoms with Gasteiger partial charge >= 0.3 is 5.97 Å². The molecule has 0 spiro atoms. The number of ether oxygens (including phenoxy) is 1. The summed E-state index contributed by atoms with van der Waals surface area (Å²) in [6, 6.07) is 5.28. The molecule has 3 atom stereocenters. The maximum Gasteiger partial charge on any atom is 0.303 e. The Balaban J connectivity index is 1.87. The van der Waals surface area contributed by atoms with Gasteiger partial charge in [0, 0.05) is 60.6 Å². The fourth-order valence-electron chi connectivity index (χ4n) is 4.93. The maximum absolute atomic E-state index is 13.4. The van der Waals surface area contributed by atoms with E-state index in [2.05, 4.69) is 5.32 Å². The summed E-state index contributed by atoms with van der Waals surface area (Å²) in [6.07, 6.45) is -0.662. The number of carbonyl (C=O) groups is 4. The number of likely N-dealkylation sites (N-methyl/N-ethyl adjacent to an activating group) is 1. The Morgan fingerprint density at radius 3 is 2.22 bits per heavy atom. The molecule has 2 aliphatic carbocycles. The van der Waals surface area contributed by atoms with Crippen LogP contribution in [0.25, 0.3) is 0 Å². The van der Waals surface area contributed by atoms with E-state index in [1.54, 1.807) is 12.1 Å². The standard InChI is InChI=1S/C27H30N2O8/c1-13(29(3)4)11-28-18-10-27(36,19(31)12-37-14(2)30)9-17-20(18)26(35)22-21(25(17)34)23(32)15-7-5-6-8-16(15)24(22)33/h5-8,13,18,28,34-36H,9-12H2,1-4H3. The van der Waals surface area contributed by atoms with Gasteiger partial charge in [-0.3, -0.25) is 19.2 Å². The number of esters is 1. The second kappa shape index (κ2) is 9.70. The number of aromatic hydroxyl groups is 2. The fourth-order valence-corrected chi connectivity index (χ4v) is 4.93. The third kappa shape index (κ3) is 4.52. The highest BCUT2D eigenvalue weighted by molar-refractivity contribution is 6.30. The largest absolute Gasteiger partial charge is 0.507 e. The van der Waals surface area contributed by atoms with Crippen LogP contribution in [-0.4, -0.2) is 82.4 Å². The minimum atomic E-state index is -2.07. The normalized spacial score (nSPS) is 21.2. The first kappa shape index (κ1) is 26.5. The molecule has 0 saturated heterocycles. The Hall–Kier alpha value is -3.60. The highest BCUT2D eigenvalue weighted by Gasteiger charge is 2.48. The lowest BCUT2D eigenvalue weighted by atomic mass is 9.71. The van der Waals surface area contributed by atoms with Crippen molar-refractivity contribution < 1.29 is 39.2 Å². The van der Waals surface area contributed by atoms with E-state index in [0.29, 0.717) is 6.54 Å². The van der Waals surface area contributed by atoms with Crippen LogP contribution >= 0.6 is 0 Å². The second-order valence-electron chi connectivity index (χ2n) is 9.93. The summed E-state index contributed by atoms with van der Waals surface area (Å²) in [6.45, 7) is 2.78. The third-order valence-electron chi connectivity index (χ3n) is 7.29. The van der Waals surface area contributed by atoms with E-state index in [0.717, 1.165) is 6.92 Å². The van der Waals surface area contributed by atoms with E-state index in [9.17, 15) is 34.5 Å². The van der Waals surface area contributed by atoms with Gasteiger partial charge in [0.25, 0.3) is 0 Å². The van der Waals surface area contributed by atoms with Crippen LogP contribution in [0.5, 0.6) is 11.5 Å². The van der Waals surface area contributed by atoms with Crippen LogP contribution in [0, 0.1) is 0 Å². The summed E-state index contributed by atoms with van der Waals surface area (Å²) in [5.41, 5.74) is -2.41. The Morgan fingerprint density at radius 1 is 1.11 bits per heavy atom. The number of ketones is 3. The van der Waals surface area contributed by atoms with E-state index in [4.69, 9.17) is 4.74 Å². The lowest BCUT2D eigenvalue weighted by Crippen LogP contribution is -2.50. The van der Waals surface area contributed by atoms with Crippen LogP contribution in [0.3, 0.4) is 0 Å². The molecule has 0 radical (unpaired) electrons. The maximum atomic E-state index is 13.4. The molecule has 0 aliphatic heterocycles. The Morgan fingerprint density at radius 2 is 1.68 bits per heavy atom. The molecule has 0 bridgehead atoms. The van der Waals surface area contributed by atoms with Gasteiger partial charge in [-0.15, -0.1) is 0 Å². The first-order valence-electron chi connectivity index (χ1n) is 11.9. The number of phenolic OH excluding ortho intramolecular Hbond substituents is 2. The molecule has 0 amide bonds. The molecule has 10 nitrogen and oxygen atoms in total. The molecule has 196 valence electrons. The predicted octanol–water partition coefficient (Wildman–Crippen LogP) is 1.26. The van der Waals surface area contributed by atoms with Gasteiger partial charge in [-0.05, 0) is 21.0 Å². The predicted molar refractivity (Wildman–Crippen MR) is 132 cm³/mol. The van der Waals surface area contributed by atoms with Crippen molar-refractivity contribution in [2.45, 2.75) is 44.4 Å². The van der Waals surface area contributed by atoms with Gasteiger partial charge in [0.15, 0.2) is 18.2 Å². The molecule has 2 aromatic rings. The SMILES string of the molecule is CC(=O)OCC(=O)C1(O)Cc2c(O)c3c(c(O)c2C(NCC(C)N(C)C)C1)C(=O)c1ccccc1C3=O. The number of nitrogens with zero attached hydrogens (tertiary/aromatic N) is 1. The van der Waals surface area contributed by atoms with E-state index >= 15 is 0 Å². The average molecular weight is 511 g/mol. The molecular formula is C27H30N2O8. The smallest absolute Gasteiger partial charge is 0.303 e. The first-order valence-corrected chi connectivity index (χ1v) is 11.9. The zero-order valence-corrected chi connectivity index (χ0v) is 21.1. The summed E-state index contributed by atoms with van der Waals surface area (Å²) < 4.78 is 4.80. The summed E-state index contributed by atoms with van der Waals surface area (Å²) in [5, 5.41) is 37.3. The van der Waals surface area contributed by atoms with E-state index in [1.165, 1.54) is 12.1 Å². The van der Waals surface area contributed by atoms with Crippen molar-refractivity contribution in [3.63, 3.8) is 0 Å². The number of aliphatic hydroxyl groups is 1. The molecule has 2 aromatic carbocycles. The van der Waals surface area contributed by atoms with Gasteiger partial charge in [0.05, 0.1) is 11.1 Å². The van der Waals surface area contributed by atoms with Crippen LogP contribution in [-0.2, 0) is 20.7 Å². The highest BCUT2D eigenvalue weighted by Crippen LogP contribution is 2.50. The number of hydrogen-bond acceptors (Lipinski definition) is 10. The number of phenols is 2. The summed E-state index contributed by atoms with van der Waals surface area (Å²) >= 11 is 0. The minimum absolute atomic E-state index is 0.0127. The van der Waals surface area contributed by atoms with Crippen LogP contribution in [0.4, 0.5) is 0 Å². The van der Waals surface area contributed by atoms with Crippen molar-refractivity contribution >= 4 is 23.3 Å². The number of Topliss-reactive ketones (excluding diaryl/α,β-unsaturated/α-hetero) is 1. The van der Waals surface area contributed by atoms with Crippen molar-refractivity contribution in [1.82, 2.24) is 10.2 Å². The molecule has 0 heterocycles. The van der Waals surface area contributed by atoms with Gasteiger partial charge in [0.1, 0.15) is 17.1 Å². The molecule has 37 heavy (non-hydrogen) atoms. The van der Waals surface area contributed by atoms with Crippen molar-refractivity contribution in [2.75, 3.05) is 27.2 Å². The van der Waals surface area contributed by atoms with Gasteiger partial charge < -0.3 is 30.3 Å². The Labute approximate surface area is 213 Å². The molecule has 0 fully saturated rings. The van der Waals surface area contributed by atoms with E-state index < -0.39 is 59.5 Å². The van der Waals surface area contributed by atoms with E-state index in [-0.39, 0.29) is 45.8 Å². The molecule has 0 aromatic heterocycles. The van der Waals surface area contributed by atoms with Crippen LogP contribution in [0.2, 0.25) is 0 Å². The van der Waals surface area contributed by atoms with Gasteiger partial charge in [-0.25, -0.2) is 0 Å². The number of nitrogens with one attached hydrogen (secondary N) is 1. The molecule has 10 heteroatoms. The molecule has 4 rings (SSSR count). The molecule has 0 saturated carbocycles. The monoisotopic (exact) mass is 510 g/mol. The lowest BCUT2D eigenvalue weighted by molar-refractivity contribution is -0.154. The summed E-state index contributed by atoms with van der Waals surface area (Å²) in [7, 11) is 3.75. The molecule has 4 N–H and O–H groups in total. The minimum Gasteiger partial charge on any atom is -0.507 e. The number of benzene rings is 2. The van der Waals surface area contributed by atoms with E-state index in [1.807, 2.05) is 25.9 Å². The molecular weight excluding hydrogens is 480 g/mol. The molecule has 2 aliphatic rings. The Kier molecular flexibility index (Phi) is 6.93. The molecule has 3 unspecified atom stereocenters. The Bertz CT molecular complexity index is 1320. The van der Waals surface area contributed by atoms with Crippen molar-refractivity contribution in [3.8, 4) is 11.5 Å². The zero-order valence-electron chi connectivity index (χ0n) is 21.1.